The molecule has 0 radical (unpaired) electrons. The monoisotopic (exact) mass is 480 g/mol. The van der Waals surface area contributed by atoms with Crippen molar-refractivity contribution in [2.24, 2.45) is 5.92 Å². The fraction of sp³-hybridized carbons (Fsp3) is 0.318. The van der Waals surface area contributed by atoms with Gasteiger partial charge in [-0.1, -0.05) is 37.0 Å². The van der Waals surface area contributed by atoms with E-state index in [1.807, 2.05) is 13.8 Å². The van der Waals surface area contributed by atoms with Crippen molar-refractivity contribution in [3.8, 4) is 0 Å². The molecule has 170 valence electrons. The summed E-state index contributed by atoms with van der Waals surface area (Å²) in [6.07, 6.45) is 0. The highest BCUT2D eigenvalue weighted by Gasteiger charge is 2.33. The number of hydrogen-bond acceptors (Lipinski definition) is 3. The highest BCUT2D eigenvalue weighted by atomic mass is 35.5. The minimum absolute atomic E-state index is 0.0312. The molecule has 0 saturated carbocycles. The number of rotatable bonds is 6. The van der Waals surface area contributed by atoms with Crippen molar-refractivity contribution in [2.75, 3.05) is 36.5 Å². The molecule has 0 aromatic heterocycles. The molecular formula is C22H23Cl2FN4O3. The molecule has 3 rings (SSSR count). The van der Waals surface area contributed by atoms with Gasteiger partial charge in [-0.15, -0.1) is 0 Å². The second-order valence-corrected chi connectivity index (χ2v) is 8.70. The number of benzene rings is 2. The van der Waals surface area contributed by atoms with Gasteiger partial charge in [-0.05, 0) is 48.4 Å². The average Bonchev–Trinajstić information content (AvgIpc) is 3.11. The van der Waals surface area contributed by atoms with Gasteiger partial charge in [-0.25, -0.2) is 9.18 Å². The van der Waals surface area contributed by atoms with Crippen LogP contribution in [0.1, 0.15) is 13.8 Å². The van der Waals surface area contributed by atoms with Crippen molar-refractivity contribution >= 4 is 52.4 Å². The van der Waals surface area contributed by atoms with E-state index in [0.717, 1.165) is 0 Å². The van der Waals surface area contributed by atoms with Gasteiger partial charge in [0.1, 0.15) is 25.6 Å². The first-order valence-electron chi connectivity index (χ1n) is 9.98. The number of halogens is 3. The number of anilines is 2. The number of hydrogen-bond donors (Lipinski definition) is 1. The van der Waals surface area contributed by atoms with E-state index >= 15 is 0 Å². The first-order valence-corrected chi connectivity index (χ1v) is 10.7. The molecular weight excluding hydrogens is 458 g/mol. The standard InChI is InChI=1S/C22H23Cl2FN4O3/c1-14(2)10-27(22(32)26-19-8-3-15(23)9-18(19)24)11-20(30)28-12-21(31)29(13-28)17-6-4-16(25)5-7-17/h3-9,14H,10-13H2,1-2H3,(H,26,32). The summed E-state index contributed by atoms with van der Waals surface area (Å²) in [5.41, 5.74) is 0.877. The summed E-state index contributed by atoms with van der Waals surface area (Å²) in [4.78, 5) is 42.3. The largest absolute Gasteiger partial charge is 0.322 e. The molecule has 1 aliphatic rings. The molecule has 0 spiro atoms. The number of carbonyl (C=O) groups excluding carboxylic acids is 3. The lowest BCUT2D eigenvalue weighted by Gasteiger charge is -2.27. The summed E-state index contributed by atoms with van der Waals surface area (Å²) < 4.78 is 13.2. The van der Waals surface area contributed by atoms with E-state index in [2.05, 4.69) is 5.32 Å². The molecule has 1 fully saturated rings. The Morgan fingerprint density at radius 1 is 1.16 bits per heavy atom. The molecule has 0 aliphatic carbocycles. The van der Waals surface area contributed by atoms with Crippen molar-refractivity contribution in [1.82, 2.24) is 9.80 Å². The maximum Gasteiger partial charge on any atom is 0.322 e. The Labute approximate surface area is 195 Å². The third-order valence-electron chi connectivity index (χ3n) is 4.80. The highest BCUT2D eigenvalue weighted by molar-refractivity contribution is 6.36. The van der Waals surface area contributed by atoms with Gasteiger partial charge in [-0.2, -0.15) is 0 Å². The number of nitrogens with one attached hydrogen (secondary N) is 1. The summed E-state index contributed by atoms with van der Waals surface area (Å²) in [5, 5.41) is 3.42. The van der Waals surface area contributed by atoms with Crippen LogP contribution in [0.5, 0.6) is 0 Å². The predicted molar refractivity (Wildman–Crippen MR) is 122 cm³/mol. The predicted octanol–water partition coefficient (Wildman–Crippen LogP) is 4.46. The molecule has 4 amide bonds. The Bertz CT molecular complexity index is 1020. The Balaban J connectivity index is 1.68. The zero-order valence-corrected chi connectivity index (χ0v) is 19.2. The summed E-state index contributed by atoms with van der Waals surface area (Å²) in [7, 11) is 0. The van der Waals surface area contributed by atoms with Gasteiger partial charge in [0, 0.05) is 17.3 Å². The second-order valence-electron chi connectivity index (χ2n) is 7.86. The van der Waals surface area contributed by atoms with Gasteiger partial charge < -0.3 is 15.1 Å². The van der Waals surface area contributed by atoms with Crippen LogP contribution in [0.15, 0.2) is 42.5 Å². The lowest BCUT2D eigenvalue weighted by molar-refractivity contribution is -0.132. The van der Waals surface area contributed by atoms with E-state index < -0.39 is 11.8 Å². The van der Waals surface area contributed by atoms with E-state index in [-0.39, 0.29) is 42.5 Å². The van der Waals surface area contributed by atoms with Crippen LogP contribution in [0.25, 0.3) is 0 Å². The molecule has 0 bridgehead atoms. The molecule has 2 aromatic carbocycles. The van der Waals surface area contributed by atoms with Gasteiger partial charge in [-0.3, -0.25) is 14.5 Å². The molecule has 1 aliphatic heterocycles. The van der Waals surface area contributed by atoms with Crippen LogP contribution in [0.4, 0.5) is 20.6 Å². The first-order chi connectivity index (χ1) is 15.1. The van der Waals surface area contributed by atoms with E-state index in [0.29, 0.717) is 22.9 Å². The van der Waals surface area contributed by atoms with E-state index in [9.17, 15) is 18.8 Å². The molecule has 1 heterocycles. The Morgan fingerprint density at radius 3 is 2.47 bits per heavy atom. The number of nitrogens with zero attached hydrogens (tertiary/aromatic N) is 3. The van der Waals surface area contributed by atoms with Crippen molar-refractivity contribution in [3.05, 3.63) is 58.3 Å². The Morgan fingerprint density at radius 2 is 1.84 bits per heavy atom. The summed E-state index contributed by atoms with van der Waals surface area (Å²) >= 11 is 12.0. The third-order valence-corrected chi connectivity index (χ3v) is 5.35. The highest BCUT2D eigenvalue weighted by Crippen LogP contribution is 2.26. The van der Waals surface area contributed by atoms with Gasteiger partial charge >= 0.3 is 6.03 Å². The van der Waals surface area contributed by atoms with Crippen molar-refractivity contribution in [1.29, 1.82) is 0 Å². The van der Waals surface area contributed by atoms with Gasteiger partial charge in [0.05, 0.1) is 10.7 Å². The molecule has 1 saturated heterocycles. The van der Waals surface area contributed by atoms with E-state index in [4.69, 9.17) is 23.2 Å². The maximum absolute atomic E-state index is 13.2. The normalized spacial score (nSPS) is 13.6. The SMILES string of the molecule is CC(C)CN(CC(=O)N1CC(=O)N(c2ccc(F)cc2)C1)C(=O)Nc1ccc(Cl)cc1Cl. The van der Waals surface area contributed by atoms with Crippen LogP contribution in [0.2, 0.25) is 10.0 Å². The molecule has 32 heavy (non-hydrogen) atoms. The van der Waals surface area contributed by atoms with Gasteiger partial charge in [0.2, 0.25) is 11.8 Å². The van der Waals surface area contributed by atoms with Gasteiger partial charge in [0.25, 0.3) is 0 Å². The van der Waals surface area contributed by atoms with Crippen LogP contribution in [-0.2, 0) is 9.59 Å². The zero-order valence-electron chi connectivity index (χ0n) is 17.6. The second kappa shape index (κ2) is 10.2. The topological polar surface area (TPSA) is 73.0 Å². The van der Waals surface area contributed by atoms with E-state index in [1.54, 1.807) is 12.1 Å². The summed E-state index contributed by atoms with van der Waals surface area (Å²) in [6.45, 7) is 3.89. The quantitative estimate of drug-likeness (QED) is 0.663. The first kappa shape index (κ1) is 23.8. The fourth-order valence-corrected chi connectivity index (χ4v) is 3.73. The molecule has 0 unspecified atom stereocenters. The van der Waals surface area contributed by atoms with Crippen LogP contribution >= 0.6 is 23.2 Å². The van der Waals surface area contributed by atoms with Crippen LogP contribution in [-0.4, -0.2) is 53.9 Å². The van der Waals surface area contributed by atoms with E-state index in [1.165, 1.54) is 45.0 Å². The maximum atomic E-state index is 13.2. The lowest BCUT2D eigenvalue weighted by Crippen LogP contribution is -2.45. The summed E-state index contributed by atoms with van der Waals surface area (Å²) in [6, 6.07) is 9.67. The lowest BCUT2D eigenvalue weighted by atomic mass is 10.2. The molecule has 1 N–H and O–H groups in total. The molecule has 7 nitrogen and oxygen atoms in total. The van der Waals surface area contributed by atoms with Crippen molar-refractivity contribution in [2.45, 2.75) is 13.8 Å². The smallest absolute Gasteiger partial charge is 0.315 e. The minimum Gasteiger partial charge on any atom is -0.315 e. The van der Waals surface area contributed by atoms with Crippen molar-refractivity contribution < 1.29 is 18.8 Å². The Kier molecular flexibility index (Phi) is 7.58. The average molecular weight is 481 g/mol. The van der Waals surface area contributed by atoms with Gasteiger partial charge in [0.15, 0.2) is 0 Å². The fourth-order valence-electron chi connectivity index (χ4n) is 3.27. The number of urea groups is 1. The zero-order chi connectivity index (χ0) is 23.4. The van der Waals surface area contributed by atoms with Crippen LogP contribution in [0, 0.1) is 11.7 Å². The third kappa shape index (κ3) is 5.89. The molecule has 2 aromatic rings. The molecule has 0 atom stereocenters. The van der Waals surface area contributed by atoms with Crippen molar-refractivity contribution in [3.63, 3.8) is 0 Å². The molecule has 10 heteroatoms. The van der Waals surface area contributed by atoms with Crippen LogP contribution in [0.3, 0.4) is 0 Å². The Hall–Kier alpha value is -2.84. The number of amides is 4. The minimum atomic E-state index is -0.489. The summed E-state index contributed by atoms with van der Waals surface area (Å²) in [5.74, 6) is -0.964. The van der Waals surface area contributed by atoms with Crippen LogP contribution < -0.4 is 10.2 Å². The number of carbonyl (C=O) groups is 3.